The van der Waals surface area contributed by atoms with Crippen molar-refractivity contribution in [3.63, 3.8) is 0 Å². The molecule has 7 nitrogen and oxygen atoms in total. The molecule has 0 aliphatic rings. The van der Waals surface area contributed by atoms with Crippen LogP contribution in [0.25, 0.3) is 0 Å². The van der Waals surface area contributed by atoms with Gasteiger partial charge in [-0.25, -0.2) is 4.79 Å². The van der Waals surface area contributed by atoms with Gasteiger partial charge in [-0.3, -0.25) is 18.7 Å². The Morgan fingerprint density at radius 1 is 1.23 bits per heavy atom. The van der Waals surface area contributed by atoms with Crippen LogP contribution in [0, 0.1) is 0 Å². The summed E-state index contributed by atoms with van der Waals surface area (Å²) in [5.74, 6) is -0.392. The second-order valence-corrected chi connectivity index (χ2v) is 6.05. The Balaban J connectivity index is 2.07. The van der Waals surface area contributed by atoms with Crippen molar-refractivity contribution < 1.29 is 9.53 Å². The van der Waals surface area contributed by atoms with Gasteiger partial charge in [0.25, 0.3) is 5.56 Å². The minimum Gasteiger partial charge on any atom is -0.382 e. The first-order valence-corrected chi connectivity index (χ1v) is 8.79. The lowest BCUT2D eigenvalue weighted by Gasteiger charge is -2.11. The van der Waals surface area contributed by atoms with E-state index in [0.717, 1.165) is 10.1 Å². The normalized spacial score (nSPS) is 10.7. The summed E-state index contributed by atoms with van der Waals surface area (Å²) in [4.78, 5) is 36.5. The van der Waals surface area contributed by atoms with E-state index in [9.17, 15) is 14.4 Å². The van der Waals surface area contributed by atoms with Crippen LogP contribution < -0.4 is 16.6 Å². The number of halogens is 1. The smallest absolute Gasteiger partial charge is 0.331 e. The zero-order valence-corrected chi connectivity index (χ0v) is 15.4. The third-order valence-electron chi connectivity index (χ3n) is 3.73. The monoisotopic (exact) mass is 379 g/mol. The number of nitrogens with one attached hydrogen (secondary N) is 1. The molecule has 1 aromatic heterocycles. The highest BCUT2D eigenvalue weighted by molar-refractivity contribution is 6.31. The van der Waals surface area contributed by atoms with E-state index in [-0.39, 0.29) is 13.1 Å². The molecular formula is C18H22ClN3O4. The van der Waals surface area contributed by atoms with E-state index in [2.05, 4.69) is 5.32 Å². The highest BCUT2D eigenvalue weighted by atomic mass is 35.5. The quantitative estimate of drug-likeness (QED) is 0.665. The van der Waals surface area contributed by atoms with Crippen molar-refractivity contribution in [3.05, 3.63) is 68.0 Å². The average molecular weight is 380 g/mol. The molecule has 0 fully saturated rings. The Kier molecular flexibility index (Phi) is 7.62. The lowest BCUT2D eigenvalue weighted by atomic mass is 10.2. The summed E-state index contributed by atoms with van der Waals surface area (Å²) in [5.41, 5.74) is -0.321. The van der Waals surface area contributed by atoms with E-state index in [0.29, 0.717) is 31.2 Å². The molecule has 0 saturated carbocycles. The van der Waals surface area contributed by atoms with Crippen molar-refractivity contribution in [1.29, 1.82) is 0 Å². The van der Waals surface area contributed by atoms with Gasteiger partial charge in [-0.15, -0.1) is 0 Å². The van der Waals surface area contributed by atoms with E-state index >= 15 is 0 Å². The van der Waals surface area contributed by atoms with Gasteiger partial charge in [0.05, 0.1) is 6.54 Å². The fourth-order valence-corrected chi connectivity index (χ4v) is 2.57. The molecule has 1 heterocycles. The maximum absolute atomic E-state index is 12.5. The Bertz CT molecular complexity index is 860. The van der Waals surface area contributed by atoms with Crippen LogP contribution in [0.15, 0.2) is 46.1 Å². The van der Waals surface area contributed by atoms with E-state index in [1.165, 1.54) is 16.8 Å². The molecule has 140 valence electrons. The van der Waals surface area contributed by atoms with Gasteiger partial charge in [0.2, 0.25) is 5.91 Å². The zero-order chi connectivity index (χ0) is 18.9. The molecule has 0 unspecified atom stereocenters. The molecule has 1 amide bonds. The summed E-state index contributed by atoms with van der Waals surface area (Å²) in [6.07, 6.45) is 2.07. The first-order valence-electron chi connectivity index (χ1n) is 8.41. The summed E-state index contributed by atoms with van der Waals surface area (Å²) < 4.78 is 7.45. The predicted molar refractivity (Wildman–Crippen MR) is 99.6 cm³/mol. The summed E-state index contributed by atoms with van der Waals surface area (Å²) in [6.45, 7) is 3.39. The minimum atomic E-state index is -0.554. The number of amides is 1. The third kappa shape index (κ3) is 5.57. The number of carbonyl (C=O) groups excluding carboxylic acids is 1. The molecule has 0 atom stereocenters. The minimum absolute atomic E-state index is 0.217. The molecule has 2 aromatic rings. The van der Waals surface area contributed by atoms with Gasteiger partial charge in [-0.05, 0) is 25.0 Å². The van der Waals surface area contributed by atoms with E-state index in [1.807, 2.05) is 13.0 Å². The standard InChI is InChI=1S/C18H22ClN3O4/c1-2-26-11-5-9-20-16(23)13-22-17(24)8-10-21(18(22)25)12-14-6-3-4-7-15(14)19/h3-4,6-8,10H,2,5,9,11-13H2,1H3,(H,20,23). The van der Waals surface area contributed by atoms with Gasteiger partial charge in [-0.1, -0.05) is 29.8 Å². The Morgan fingerprint density at radius 3 is 2.73 bits per heavy atom. The highest BCUT2D eigenvalue weighted by Crippen LogP contribution is 2.15. The van der Waals surface area contributed by atoms with Gasteiger partial charge in [0.15, 0.2) is 0 Å². The Hall–Kier alpha value is -2.38. The van der Waals surface area contributed by atoms with E-state index in [1.54, 1.807) is 18.2 Å². The predicted octanol–water partition coefficient (Wildman–Crippen LogP) is 1.25. The number of ether oxygens (including phenoxy) is 1. The number of carbonyl (C=O) groups is 1. The molecule has 26 heavy (non-hydrogen) atoms. The van der Waals surface area contributed by atoms with Crippen molar-refractivity contribution in [2.24, 2.45) is 0 Å². The SMILES string of the molecule is CCOCCCNC(=O)Cn1c(=O)ccn(Cc2ccccc2Cl)c1=O. The number of nitrogens with zero attached hydrogens (tertiary/aromatic N) is 2. The van der Waals surface area contributed by atoms with E-state index in [4.69, 9.17) is 16.3 Å². The van der Waals surface area contributed by atoms with Gasteiger partial charge in [0.1, 0.15) is 6.54 Å². The van der Waals surface area contributed by atoms with Crippen LogP contribution in [-0.4, -0.2) is 34.8 Å². The molecule has 1 N–H and O–H groups in total. The maximum atomic E-state index is 12.5. The van der Waals surface area contributed by atoms with Crippen molar-refractivity contribution in [3.8, 4) is 0 Å². The van der Waals surface area contributed by atoms with Crippen molar-refractivity contribution in [2.45, 2.75) is 26.4 Å². The topological polar surface area (TPSA) is 82.3 Å². The number of benzene rings is 1. The highest BCUT2D eigenvalue weighted by Gasteiger charge is 2.11. The Labute approximate surface area is 156 Å². The Morgan fingerprint density at radius 2 is 2.00 bits per heavy atom. The summed E-state index contributed by atoms with van der Waals surface area (Å²) >= 11 is 6.12. The molecule has 0 radical (unpaired) electrons. The zero-order valence-electron chi connectivity index (χ0n) is 14.6. The maximum Gasteiger partial charge on any atom is 0.331 e. The number of rotatable bonds is 9. The summed E-state index contributed by atoms with van der Waals surface area (Å²) in [7, 11) is 0. The molecule has 0 aliphatic carbocycles. The van der Waals surface area contributed by atoms with E-state index < -0.39 is 17.2 Å². The third-order valence-corrected chi connectivity index (χ3v) is 4.10. The van der Waals surface area contributed by atoms with Gasteiger partial charge in [0, 0.05) is 37.0 Å². The van der Waals surface area contributed by atoms with Crippen LogP contribution >= 0.6 is 11.6 Å². The van der Waals surface area contributed by atoms with Crippen molar-refractivity contribution >= 4 is 17.5 Å². The molecule has 0 bridgehead atoms. The fourth-order valence-electron chi connectivity index (χ4n) is 2.38. The first kappa shape index (κ1) is 19.9. The van der Waals surface area contributed by atoms with Gasteiger partial charge >= 0.3 is 5.69 Å². The lowest BCUT2D eigenvalue weighted by Crippen LogP contribution is -2.43. The second-order valence-electron chi connectivity index (χ2n) is 5.64. The number of hydrogen-bond donors (Lipinski definition) is 1. The van der Waals surface area contributed by atoms with Crippen molar-refractivity contribution in [2.75, 3.05) is 19.8 Å². The first-order chi connectivity index (χ1) is 12.5. The lowest BCUT2D eigenvalue weighted by molar-refractivity contribution is -0.121. The van der Waals surface area contributed by atoms with Crippen LogP contribution in [0.3, 0.4) is 0 Å². The molecule has 0 saturated heterocycles. The molecule has 0 aliphatic heterocycles. The molecule has 8 heteroatoms. The summed E-state index contributed by atoms with van der Waals surface area (Å²) in [5, 5.41) is 3.21. The average Bonchev–Trinajstić information content (AvgIpc) is 2.62. The fraction of sp³-hybridized carbons (Fsp3) is 0.389. The van der Waals surface area contributed by atoms with Crippen LogP contribution in [0.4, 0.5) is 0 Å². The molecule has 2 rings (SSSR count). The largest absolute Gasteiger partial charge is 0.382 e. The second kappa shape index (κ2) is 9.94. The van der Waals surface area contributed by atoms with Crippen LogP contribution in [-0.2, 0) is 22.6 Å². The van der Waals surface area contributed by atoms with Crippen molar-refractivity contribution in [1.82, 2.24) is 14.5 Å². The van der Waals surface area contributed by atoms with Crippen LogP contribution in [0.2, 0.25) is 5.02 Å². The molecule has 1 aromatic carbocycles. The number of aromatic nitrogens is 2. The van der Waals surface area contributed by atoms with Crippen LogP contribution in [0.1, 0.15) is 18.9 Å². The molecule has 0 spiro atoms. The number of hydrogen-bond acceptors (Lipinski definition) is 4. The summed E-state index contributed by atoms with van der Waals surface area (Å²) in [6, 6.07) is 8.41. The van der Waals surface area contributed by atoms with Gasteiger partial charge in [-0.2, -0.15) is 0 Å². The van der Waals surface area contributed by atoms with Gasteiger partial charge < -0.3 is 10.1 Å². The van der Waals surface area contributed by atoms with Crippen LogP contribution in [0.5, 0.6) is 0 Å². The molecular weight excluding hydrogens is 358 g/mol.